The Balaban J connectivity index is 1.63. The van der Waals surface area contributed by atoms with Gasteiger partial charge in [-0.1, -0.05) is 54.1 Å². The summed E-state index contributed by atoms with van der Waals surface area (Å²) in [6, 6.07) is 23.3. The molecule has 154 valence electrons. The highest BCUT2D eigenvalue weighted by molar-refractivity contribution is 6.31. The fourth-order valence-corrected chi connectivity index (χ4v) is 4.24. The number of hydrogen-bond donors (Lipinski definition) is 2. The van der Waals surface area contributed by atoms with Crippen LogP contribution in [0.2, 0.25) is 5.02 Å². The summed E-state index contributed by atoms with van der Waals surface area (Å²) >= 11 is 6.31. The minimum Gasteiger partial charge on any atom is -0.497 e. The lowest BCUT2D eigenvalue weighted by Crippen LogP contribution is -2.20. The molecule has 1 aliphatic rings. The molecule has 2 heterocycles. The molecule has 0 amide bonds. The highest BCUT2D eigenvalue weighted by Crippen LogP contribution is 2.34. The number of aromatic amines is 1. The summed E-state index contributed by atoms with van der Waals surface area (Å²) < 4.78 is 5.25. The average molecular weight is 430 g/mol. The van der Waals surface area contributed by atoms with Crippen molar-refractivity contribution in [1.82, 2.24) is 10.4 Å². The number of aromatic nitrogens is 1. The molecule has 0 spiro atoms. The third-order valence-corrected chi connectivity index (χ3v) is 5.83. The lowest BCUT2D eigenvalue weighted by molar-refractivity contribution is 0.414. The third-order valence-electron chi connectivity index (χ3n) is 5.60. The first-order valence-corrected chi connectivity index (χ1v) is 10.4. The summed E-state index contributed by atoms with van der Waals surface area (Å²) in [5.41, 5.74) is 7.95. The van der Waals surface area contributed by atoms with Crippen molar-refractivity contribution >= 4 is 28.2 Å². The third kappa shape index (κ3) is 3.57. The number of rotatable bonds is 4. The lowest BCUT2D eigenvalue weighted by atomic mass is 9.91. The van der Waals surface area contributed by atoms with E-state index in [-0.39, 0.29) is 11.6 Å². The molecule has 1 atom stereocenters. The molecule has 1 aromatic heterocycles. The van der Waals surface area contributed by atoms with Crippen molar-refractivity contribution in [2.45, 2.75) is 12.5 Å². The van der Waals surface area contributed by atoms with Gasteiger partial charge in [-0.15, -0.1) is 0 Å². The molecule has 2 N–H and O–H groups in total. The SMILES string of the molecule is COc1ccc(C2CC(c3c(-c4ccccc4)c4cc(Cl)ccc4[nH]c3=O)=NN2)cc1. The molecule has 0 saturated carbocycles. The van der Waals surface area contributed by atoms with E-state index in [4.69, 9.17) is 16.3 Å². The summed E-state index contributed by atoms with van der Waals surface area (Å²) in [4.78, 5) is 16.2. The molecule has 1 aliphatic heterocycles. The summed E-state index contributed by atoms with van der Waals surface area (Å²) in [5, 5.41) is 6.07. The molecule has 5 nitrogen and oxygen atoms in total. The van der Waals surface area contributed by atoms with Gasteiger partial charge < -0.3 is 15.1 Å². The van der Waals surface area contributed by atoms with Gasteiger partial charge in [0.05, 0.1) is 24.4 Å². The Bertz CT molecular complexity index is 1350. The number of hydrogen-bond acceptors (Lipinski definition) is 4. The number of halogens is 1. The van der Waals surface area contributed by atoms with E-state index in [2.05, 4.69) is 15.5 Å². The van der Waals surface area contributed by atoms with Crippen LogP contribution in [0.4, 0.5) is 0 Å². The van der Waals surface area contributed by atoms with Gasteiger partial charge in [0, 0.05) is 27.9 Å². The maximum Gasteiger partial charge on any atom is 0.258 e. The van der Waals surface area contributed by atoms with Gasteiger partial charge in [0.15, 0.2) is 0 Å². The molecule has 1 unspecified atom stereocenters. The van der Waals surface area contributed by atoms with Gasteiger partial charge in [-0.3, -0.25) is 4.79 Å². The quantitative estimate of drug-likeness (QED) is 0.463. The molecule has 0 fully saturated rings. The van der Waals surface area contributed by atoms with Gasteiger partial charge in [-0.25, -0.2) is 0 Å². The van der Waals surface area contributed by atoms with Gasteiger partial charge in [-0.2, -0.15) is 5.10 Å². The van der Waals surface area contributed by atoms with Crippen LogP contribution in [0.15, 0.2) is 82.7 Å². The summed E-state index contributed by atoms with van der Waals surface area (Å²) in [5.74, 6) is 0.803. The highest BCUT2D eigenvalue weighted by atomic mass is 35.5. The monoisotopic (exact) mass is 429 g/mol. The lowest BCUT2D eigenvalue weighted by Gasteiger charge is -2.14. The van der Waals surface area contributed by atoms with Crippen molar-refractivity contribution in [3.8, 4) is 16.9 Å². The average Bonchev–Trinajstić information content (AvgIpc) is 3.29. The minimum absolute atomic E-state index is 0.0148. The van der Waals surface area contributed by atoms with E-state index in [1.807, 2.05) is 66.7 Å². The van der Waals surface area contributed by atoms with Crippen LogP contribution >= 0.6 is 11.6 Å². The van der Waals surface area contributed by atoms with E-state index in [1.54, 1.807) is 13.2 Å². The molecule has 5 rings (SSSR count). The van der Waals surface area contributed by atoms with Crippen LogP contribution in [-0.4, -0.2) is 17.8 Å². The first kappa shape index (κ1) is 19.4. The maximum absolute atomic E-state index is 13.2. The summed E-state index contributed by atoms with van der Waals surface area (Å²) in [6.45, 7) is 0. The number of fused-ring (bicyclic) bond motifs is 1. The second-order valence-corrected chi connectivity index (χ2v) is 7.91. The Labute approximate surface area is 184 Å². The Kier molecular flexibility index (Phi) is 4.96. The van der Waals surface area contributed by atoms with Crippen molar-refractivity contribution < 1.29 is 4.74 Å². The van der Waals surface area contributed by atoms with Crippen LogP contribution in [0.3, 0.4) is 0 Å². The van der Waals surface area contributed by atoms with Crippen LogP contribution in [0.1, 0.15) is 23.6 Å². The molecule has 0 aliphatic carbocycles. The molecular weight excluding hydrogens is 410 g/mol. The van der Waals surface area contributed by atoms with Crippen molar-refractivity contribution in [1.29, 1.82) is 0 Å². The number of nitrogens with one attached hydrogen (secondary N) is 2. The van der Waals surface area contributed by atoms with Crippen molar-refractivity contribution in [3.63, 3.8) is 0 Å². The number of hydrazone groups is 1. The smallest absolute Gasteiger partial charge is 0.258 e. The Morgan fingerprint density at radius 3 is 2.52 bits per heavy atom. The number of H-pyrrole nitrogens is 1. The van der Waals surface area contributed by atoms with Crippen molar-refractivity contribution in [2.75, 3.05) is 7.11 Å². The number of methoxy groups -OCH3 is 1. The molecule has 0 radical (unpaired) electrons. The fourth-order valence-electron chi connectivity index (χ4n) is 4.07. The van der Waals surface area contributed by atoms with Crippen LogP contribution in [0.5, 0.6) is 5.75 Å². The van der Waals surface area contributed by atoms with Gasteiger partial charge >= 0.3 is 0 Å². The molecule has 4 aromatic rings. The zero-order chi connectivity index (χ0) is 21.4. The zero-order valence-corrected chi connectivity index (χ0v) is 17.6. The van der Waals surface area contributed by atoms with Crippen LogP contribution in [0.25, 0.3) is 22.0 Å². The van der Waals surface area contributed by atoms with Crippen molar-refractivity contribution in [2.24, 2.45) is 5.10 Å². The molecule has 31 heavy (non-hydrogen) atoms. The number of benzene rings is 3. The normalized spacial score (nSPS) is 15.5. The molecule has 3 aromatic carbocycles. The minimum atomic E-state index is -0.162. The fraction of sp³-hybridized carbons (Fsp3) is 0.120. The number of nitrogens with zero attached hydrogens (tertiary/aromatic N) is 1. The second-order valence-electron chi connectivity index (χ2n) is 7.48. The standard InChI is InChI=1S/C25H20ClN3O2/c1-31-18-10-7-15(8-11-18)21-14-22(29-28-21)24-23(16-5-3-2-4-6-16)19-13-17(26)9-12-20(19)27-25(24)30/h2-13,21,28H,14H2,1H3,(H,27,30). The number of ether oxygens (including phenoxy) is 1. The van der Waals surface area contributed by atoms with Gasteiger partial charge in [0.2, 0.25) is 0 Å². The first-order valence-electron chi connectivity index (χ1n) is 10.0. The Hall–Kier alpha value is -3.57. The van der Waals surface area contributed by atoms with E-state index < -0.39 is 0 Å². The van der Waals surface area contributed by atoms with Crippen LogP contribution < -0.4 is 15.7 Å². The summed E-state index contributed by atoms with van der Waals surface area (Å²) in [6.07, 6.45) is 0.599. The predicted molar refractivity (Wildman–Crippen MR) is 125 cm³/mol. The van der Waals surface area contributed by atoms with Crippen LogP contribution in [0, 0.1) is 0 Å². The Morgan fingerprint density at radius 1 is 1.00 bits per heavy atom. The molecule has 0 bridgehead atoms. The largest absolute Gasteiger partial charge is 0.497 e. The number of pyridine rings is 1. The van der Waals surface area contributed by atoms with E-state index in [9.17, 15) is 4.79 Å². The topological polar surface area (TPSA) is 66.5 Å². The molecule has 6 heteroatoms. The van der Waals surface area contributed by atoms with Gasteiger partial charge in [0.1, 0.15) is 5.75 Å². The second kappa shape index (κ2) is 7.93. The predicted octanol–water partition coefficient (Wildman–Crippen LogP) is 5.30. The van der Waals surface area contributed by atoms with Crippen molar-refractivity contribution in [3.05, 3.63) is 99.3 Å². The zero-order valence-electron chi connectivity index (χ0n) is 16.9. The Morgan fingerprint density at radius 2 is 1.77 bits per heavy atom. The first-order chi connectivity index (χ1) is 15.1. The van der Waals surface area contributed by atoms with E-state index >= 15 is 0 Å². The summed E-state index contributed by atoms with van der Waals surface area (Å²) in [7, 11) is 1.65. The highest BCUT2D eigenvalue weighted by Gasteiger charge is 2.27. The van der Waals surface area contributed by atoms with E-state index in [0.717, 1.165) is 39.1 Å². The van der Waals surface area contributed by atoms with E-state index in [0.29, 0.717) is 17.0 Å². The van der Waals surface area contributed by atoms with Gasteiger partial charge in [-0.05, 0) is 41.5 Å². The van der Waals surface area contributed by atoms with Gasteiger partial charge in [0.25, 0.3) is 5.56 Å². The van der Waals surface area contributed by atoms with Crippen LogP contribution in [-0.2, 0) is 0 Å². The molecular formula is C25H20ClN3O2. The van der Waals surface area contributed by atoms with E-state index in [1.165, 1.54) is 0 Å². The molecule has 0 saturated heterocycles. The maximum atomic E-state index is 13.2.